The number of hydrogen-bond acceptors (Lipinski definition) is 5. The van der Waals surface area contributed by atoms with Gasteiger partial charge in [0.15, 0.2) is 0 Å². The number of nitrogens with zero attached hydrogens (tertiary/aromatic N) is 3. The largest absolute Gasteiger partial charge is 0.332 e. The van der Waals surface area contributed by atoms with E-state index in [0.717, 1.165) is 23.8 Å². The van der Waals surface area contributed by atoms with Crippen molar-refractivity contribution >= 4 is 17.2 Å². The monoisotopic (exact) mass is 302 g/mol. The first-order valence-corrected chi connectivity index (χ1v) is 7.90. The number of carbonyl (C=O) groups is 1. The molecule has 6 heteroatoms. The molecule has 1 amide bonds. The molecular weight excluding hydrogens is 284 g/mol. The molecular formula is C15H18N4OS. The third-order valence-electron chi connectivity index (χ3n) is 3.90. The molecule has 2 aromatic heterocycles. The number of thiazole rings is 1. The lowest BCUT2D eigenvalue weighted by Gasteiger charge is -2.38. The van der Waals surface area contributed by atoms with Crippen LogP contribution < -0.4 is 5.32 Å². The zero-order chi connectivity index (χ0) is 14.8. The molecule has 0 radical (unpaired) electrons. The van der Waals surface area contributed by atoms with Crippen LogP contribution in [-0.2, 0) is 0 Å². The van der Waals surface area contributed by atoms with Crippen molar-refractivity contribution in [3.05, 3.63) is 35.5 Å². The molecule has 0 saturated carbocycles. The Balaban J connectivity index is 1.81. The smallest absolute Gasteiger partial charge is 0.265 e. The van der Waals surface area contributed by atoms with E-state index in [9.17, 15) is 4.79 Å². The topological polar surface area (TPSA) is 58.1 Å². The van der Waals surface area contributed by atoms with Crippen molar-refractivity contribution in [1.29, 1.82) is 0 Å². The summed E-state index contributed by atoms with van der Waals surface area (Å²) in [7, 11) is 0. The van der Waals surface area contributed by atoms with E-state index >= 15 is 0 Å². The van der Waals surface area contributed by atoms with Crippen LogP contribution >= 0.6 is 11.3 Å². The molecule has 1 aliphatic heterocycles. The summed E-state index contributed by atoms with van der Waals surface area (Å²) in [4.78, 5) is 23.9. The average molecular weight is 302 g/mol. The van der Waals surface area contributed by atoms with Crippen LogP contribution in [0.25, 0.3) is 10.7 Å². The van der Waals surface area contributed by atoms with E-state index in [1.165, 1.54) is 11.3 Å². The van der Waals surface area contributed by atoms with Crippen LogP contribution in [0.3, 0.4) is 0 Å². The summed E-state index contributed by atoms with van der Waals surface area (Å²) in [6.45, 7) is 5.76. The number of carbonyl (C=O) groups excluding carboxylic acids is 1. The molecule has 0 aliphatic carbocycles. The van der Waals surface area contributed by atoms with Crippen molar-refractivity contribution in [2.24, 2.45) is 0 Å². The quantitative estimate of drug-likeness (QED) is 0.922. The molecule has 110 valence electrons. The van der Waals surface area contributed by atoms with Crippen molar-refractivity contribution < 1.29 is 4.79 Å². The first-order valence-electron chi connectivity index (χ1n) is 7.08. The van der Waals surface area contributed by atoms with E-state index in [4.69, 9.17) is 0 Å². The minimum absolute atomic E-state index is 0.0653. The van der Waals surface area contributed by atoms with Gasteiger partial charge in [0.25, 0.3) is 5.91 Å². The third-order valence-corrected chi connectivity index (χ3v) is 4.90. The van der Waals surface area contributed by atoms with Crippen LogP contribution in [-0.4, -0.2) is 45.9 Å². The fourth-order valence-electron chi connectivity index (χ4n) is 2.47. The van der Waals surface area contributed by atoms with E-state index in [0.29, 0.717) is 10.9 Å². The molecule has 3 heterocycles. The fourth-order valence-corrected chi connectivity index (χ4v) is 3.31. The number of nitrogens with one attached hydrogen (secondary N) is 1. The first-order chi connectivity index (χ1) is 10.2. The minimum atomic E-state index is 0.0653. The van der Waals surface area contributed by atoms with Crippen molar-refractivity contribution in [3.63, 3.8) is 0 Å². The van der Waals surface area contributed by atoms with Gasteiger partial charge in [-0.3, -0.25) is 9.78 Å². The standard InChI is InChI=1S/C15H18N4OS/c1-10-11(2)19(8-7-16-10)15(20)13-9-18-14(21-13)12-5-3-4-6-17-12/h3-6,9-11,16H,7-8H2,1-2H3. The predicted octanol–water partition coefficient (Wildman–Crippen LogP) is 2.03. The molecule has 2 aromatic rings. The maximum atomic E-state index is 12.6. The van der Waals surface area contributed by atoms with Crippen LogP contribution in [0, 0.1) is 0 Å². The maximum absolute atomic E-state index is 12.6. The Morgan fingerprint density at radius 3 is 3.00 bits per heavy atom. The Morgan fingerprint density at radius 2 is 2.24 bits per heavy atom. The zero-order valence-corrected chi connectivity index (χ0v) is 12.9. The molecule has 0 aromatic carbocycles. The van der Waals surface area contributed by atoms with E-state index < -0.39 is 0 Å². The lowest BCUT2D eigenvalue weighted by Crippen LogP contribution is -2.57. The van der Waals surface area contributed by atoms with Crippen LogP contribution in [0.2, 0.25) is 0 Å². The van der Waals surface area contributed by atoms with Gasteiger partial charge in [-0.2, -0.15) is 0 Å². The van der Waals surface area contributed by atoms with Crippen molar-refractivity contribution in [2.45, 2.75) is 25.9 Å². The Bertz CT molecular complexity index is 628. The fraction of sp³-hybridized carbons (Fsp3) is 0.400. The summed E-state index contributed by atoms with van der Waals surface area (Å²) in [6, 6.07) is 6.19. The third kappa shape index (κ3) is 2.82. The second-order valence-electron chi connectivity index (χ2n) is 5.23. The highest BCUT2D eigenvalue weighted by atomic mass is 32.1. The Labute approximate surface area is 128 Å². The molecule has 1 saturated heterocycles. The summed E-state index contributed by atoms with van der Waals surface area (Å²) in [6.07, 6.45) is 3.40. The normalized spacial score (nSPS) is 22.3. The van der Waals surface area contributed by atoms with Gasteiger partial charge in [-0.15, -0.1) is 11.3 Å². The first kappa shape index (κ1) is 14.2. The summed E-state index contributed by atoms with van der Waals surface area (Å²) in [5.74, 6) is 0.0653. The molecule has 5 nitrogen and oxygen atoms in total. The predicted molar refractivity (Wildman–Crippen MR) is 83.3 cm³/mol. The lowest BCUT2D eigenvalue weighted by atomic mass is 10.1. The van der Waals surface area contributed by atoms with Crippen LogP contribution in [0.4, 0.5) is 0 Å². The van der Waals surface area contributed by atoms with Gasteiger partial charge < -0.3 is 10.2 Å². The summed E-state index contributed by atoms with van der Waals surface area (Å²) < 4.78 is 0. The number of pyridine rings is 1. The van der Waals surface area contributed by atoms with Gasteiger partial charge in [0.1, 0.15) is 9.88 Å². The van der Waals surface area contributed by atoms with Gasteiger partial charge >= 0.3 is 0 Å². The Hall–Kier alpha value is -1.79. The highest BCUT2D eigenvalue weighted by molar-refractivity contribution is 7.16. The van der Waals surface area contributed by atoms with Crippen LogP contribution in [0.1, 0.15) is 23.5 Å². The molecule has 2 unspecified atom stereocenters. The number of amides is 1. The summed E-state index contributed by atoms with van der Waals surface area (Å²) in [5, 5.41) is 4.17. The van der Waals surface area contributed by atoms with Crippen LogP contribution in [0.5, 0.6) is 0 Å². The second-order valence-corrected chi connectivity index (χ2v) is 6.26. The van der Waals surface area contributed by atoms with E-state index in [2.05, 4.69) is 29.1 Å². The van der Waals surface area contributed by atoms with E-state index in [1.807, 2.05) is 23.1 Å². The average Bonchev–Trinajstić information content (AvgIpc) is 3.00. The Morgan fingerprint density at radius 1 is 1.38 bits per heavy atom. The molecule has 1 fully saturated rings. The van der Waals surface area contributed by atoms with Gasteiger partial charge in [0.2, 0.25) is 0 Å². The maximum Gasteiger partial charge on any atom is 0.265 e. The zero-order valence-electron chi connectivity index (χ0n) is 12.1. The summed E-state index contributed by atoms with van der Waals surface area (Å²) in [5.41, 5.74) is 0.809. The molecule has 1 aliphatic rings. The van der Waals surface area contributed by atoms with Gasteiger partial charge in [0.05, 0.1) is 11.9 Å². The minimum Gasteiger partial charge on any atom is -0.332 e. The highest BCUT2D eigenvalue weighted by Crippen LogP contribution is 2.25. The van der Waals surface area contributed by atoms with Crippen molar-refractivity contribution in [1.82, 2.24) is 20.2 Å². The van der Waals surface area contributed by atoms with Crippen molar-refractivity contribution in [3.8, 4) is 10.7 Å². The van der Waals surface area contributed by atoms with Crippen molar-refractivity contribution in [2.75, 3.05) is 13.1 Å². The molecule has 21 heavy (non-hydrogen) atoms. The number of hydrogen-bond donors (Lipinski definition) is 1. The summed E-state index contributed by atoms with van der Waals surface area (Å²) >= 11 is 1.41. The SMILES string of the molecule is CC1NCCN(C(=O)c2cnc(-c3ccccn3)s2)C1C. The Kier molecular flexibility index (Phi) is 3.98. The highest BCUT2D eigenvalue weighted by Gasteiger charge is 2.29. The van der Waals surface area contributed by atoms with Gasteiger partial charge in [0, 0.05) is 31.4 Å². The molecule has 1 N–H and O–H groups in total. The van der Waals surface area contributed by atoms with Gasteiger partial charge in [-0.05, 0) is 26.0 Å². The molecule has 3 rings (SSSR count). The second kappa shape index (κ2) is 5.91. The number of aromatic nitrogens is 2. The van der Waals surface area contributed by atoms with Gasteiger partial charge in [-0.25, -0.2) is 4.98 Å². The lowest BCUT2D eigenvalue weighted by molar-refractivity contribution is 0.0607. The van der Waals surface area contributed by atoms with E-state index in [1.54, 1.807) is 12.4 Å². The van der Waals surface area contributed by atoms with Gasteiger partial charge in [-0.1, -0.05) is 6.07 Å². The van der Waals surface area contributed by atoms with Crippen LogP contribution in [0.15, 0.2) is 30.6 Å². The molecule has 0 spiro atoms. The number of rotatable bonds is 2. The number of piperazine rings is 1. The molecule has 0 bridgehead atoms. The van der Waals surface area contributed by atoms with E-state index in [-0.39, 0.29) is 11.9 Å². The molecule has 2 atom stereocenters.